The van der Waals surface area contributed by atoms with Crippen LogP contribution >= 0.6 is 0 Å². The number of rotatable bonds is 7. The molecule has 1 aliphatic rings. The summed E-state index contributed by atoms with van der Waals surface area (Å²) in [6.45, 7) is 5.78. The van der Waals surface area contributed by atoms with E-state index >= 15 is 0 Å². The van der Waals surface area contributed by atoms with Gasteiger partial charge in [-0.25, -0.2) is 5.10 Å². The van der Waals surface area contributed by atoms with Gasteiger partial charge in [0.05, 0.1) is 17.0 Å². The van der Waals surface area contributed by atoms with Gasteiger partial charge in [0, 0.05) is 49.2 Å². The zero-order valence-corrected chi connectivity index (χ0v) is 21.5. The van der Waals surface area contributed by atoms with Crippen molar-refractivity contribution in [2.24, 2.45) is 0 Å². The van der Waals surface area contributed by atoms with Crippen LogP contribution in [-0.2, 0) is 13.2 Å². The predicted molar refractivity (Wildman–Crippen MR) is 151 cm³/mol. The van der Waals surface area contributed by atoms with Gasteiger partial charge in [-0.1, -0.05) is 54.6 Å². The SMILES string of the molecule is CN1CCN(Cc2ccc3cc(-c4cc(-c5cccc(OCc6ccccc6)c5)n[nH]c4=O)[nH]c3c2)CC1. The number of benzene rings is 3. The molecule has 2 aromatic heterocycles. The van der Waals surface area contributed by atoms with Crippen molar-refractivity contribution in [1.29, 1.82) is 0 Å². The number of likely N-dealkylation sites (N-methyl/N-ethyl adjacent to an activating group) is 1. The lowest BCUT2D eigenvalue weighted by atomic mass is 10.1. The fraction of sp³-hybridized carbons (Fsp3) is 0.226. The molecule has 0 radical (unpaired) electrons. The molecule has 0 unspecified atom stereocenters. The van der Waals surface area contributed by atoms with E-state index < -0.39 is 0 Å². The summed E-state index contributed by atoms with van der Waals surface area (Å²) in [5, 5.41) is 8.08. The fourth-order valence-electron chi connectivity index (χ4n) is 4.92. The molecule has 0 atom stereocenters. The van der Waals surface area contributed by atoms with Crippen molar-refractivity contribution >= 4 is 10.9 Å². The molecule has 1 saturated heterocycles. The number of hydrogen-bond acceptors (Lipinski definition) is 5. The Kier molecular flexibility index (Phi) is 6.77. The van der Waals surface area contributed by atoms with Crippen LogP contribution < -0.4 is 10.3 Å². The Morgan fingerprint density at radius 2 is 1.71 bits per heavy atom. The Morgan fingerprint density at radius 3 is 2.55 bits per heavy atom. The highest BCUT2D eigenvalue weighted by atomic mass is 16.5. The van der Waals surface area contributed by atoms with Gasteiger partial charge in [0.2, 0.25) is 0 Å². The van der Waals surface area contributed by atoms with Gasteiger partial charge in [-0.15, -0.1) is 0 Å². The van der Waals surface area contributed by atoms with E-state index in [1.165, 1.54) is 5.56 Å². The first kappa shape index (κ1) is 24.2. The molecule has 0 bridgehead atoms. The van der Waals surface area contributed by atoms with E-state index in [4.69, 9.17) is 4.74 Å². The Labute approximate surface area is 221 Å². The molecule has 2 N–H and O–H groups in total. The van der Waals surface area contributed by atoms with Crippen LogP contribution in [0.3, 0.4) is 0 Å². The summed E-state index contributed by atoms with van der Waals surface area (Å²) in [5.41, 5.74) is 6.06. The average molecular weight is 506 g/mol. The Morgan fingerprint density at radius 1 is 0.868 bits per heavy atom. The van der Waals surface area contributed by atoms with Crippen LogP contribution in [0.4, 0.5) is 0 Å². The lowest BCUT2D eigenvalue weighted by Gasteiger charge is -2.32. The molecule has 0 amide bonds. The van der Waals surface area contributed by atoms with Crippen molar-refractivity contribution in [1.82, 2.24) is 25.0 Å². The summed E-state index contributed by atoms with van der Waals surface area (Å²) >= 11 is 0. The minimum absolute atomic E-state index is 0.227. The molecule has 6 rings (SSSR count). The molecule has 3 aromatic carbocycles. The third-order valence-corrected chi connectivity index (χ3v) is 7.16. The number of nitrogens with one attached hydrogen (secondary N) is 2. The lowest BCUT2D eigenvalue weighted by molar-refractivity contribution is 0.148. The average Bonchev–Trinajstić information content (AvgIpc) is 3.37. The van der Waals surface area contributed by atoms with E-state index in [-0.39, 0.29) is 5.56 Å². The second-order valence-electron chi connectivity index (χ2n) is 9.98. The first-order valence-corrected chi connectivity index (χ1v) is 13.0. The maximum Gasteiger partial charge on any atom is 0.273 e. The van der Waals surface area contributed by atoms with Gasteiger partial charge in [0.25, 0.3) is 5.56 Å². The van der Waals surface area contributed by atoms with E-state index in [2.05, 4.69) is 50.2 Å². The molecule has 5 aromatic rings. The van der Waals surface area contributed by atoms with Crippen molar-refractivity contribution < 1.29 is 4.74 Å². The number of aromatic nitrogens is 3. The molecule has 0 aliphatic carbocycles. The van der Waals surface area contributed by atoms with Gasteiger partial charge in [-0.2, -0.15) is 5.10 Å². The van der Waals surface area contributed by atoms with Crippen molar-refractivity contribution in [3.8, 4) is 28.3 Å². The molecule has 192 valence electrons. The number of fused-ring (bicyclic) bond motifs is 1. The van der Waals surface area contributed by atoms with Crippen LogP contribution in [0.15, 0.2) is 89.7 Å². The largest absolute Gasteiger partial charge is 0.489 e. The third-order valence-electron chi connectivity index (χ3n) is 7.16. The number of hydrogen-bond donors (Lipinski definition) is 2. The summed E-state index contributed by atoms with van der Waals surface area (Å²) in [6, 6.07) is 28.2. The van der Waals surface area contributed by atoms with Crippen molar-refractivity contribution in [3.63, 3.8) is 0 Å². The third kappa shape index (κ3) is 5.39. The zero-order valence-electron chi connectivity index (χ0n) is 21.5. The highest BCUT2D eigenvalue weighted by molar-refractivity contribution is 5.86. The summed E-state index contributed by atoms with van der Waals surface area (Å²) in [5.74, 6) is 0.749. The van der Waals surface area contributed by atoms with Crippen LogP contribution in [0.5, 0.6) is 5.75 Å². The first-order chi connectivity index (χ1) is 18.6. The number of ether oxygens (including phenoxy) is 1. The van der Waals surface area contributed by atoms with E-state index in [0.29, 0.717) is 17.9 Å². The van der Waals surface area contributed by atoms with Gasteiger partial charge < -0.3 is 14.6 Å². The predicted octanol–water partition coefficient (Wildman–Crippen LogP) is 4.91. The van der Waals surface area contributed by atoms with Crippen molar-refractivity contribution in [2.75, 3.05) is 33.2 Å². The lowest BCUT2D eigenvalue weighted by Crippen LogP contribution is -2.43. The van der Waals surface area contributed by atoms with Gasteiger partial charge in [-0.05, 0) is 48.5 Å². The Bertz CT molecular complexity index is 1600. The maximum atomic E-state index is 12.8. The van der Waals surface area contributed by atoms with E-state index in [1.54, 1.807) is 0 Å². The second-order valence-corrected chi connectivity index (χ2v) is 9.98. The van der Waals surface area contributed by atoms with Crippen molar-refractivity contribution in [2.45, 2.75) is 13.2 Å². The smallest absolute Gasteiger partial charge is 0.273 e. The highest BCUT2D eigenvalue weighted by Crippen LogP contribution is 2.27. The molecule has 0 saturated carbocycles. The quantitative estimate of drug-likeness (QED) is 0.329. The molecule has 38 heavy (non-hydrogen) atoms. The Hall–Kier alpha value is -4.20. The first-order valence-electron chi connectivity index (χ1n) is 13.0. The van der Waals surface area contributed by atoms with E-state index in [0.717, 1.165) is 66.2 Å². The number of piperazine rings is 1. The highest BCUT2D eigenvalue weighted by Gasteiger charge is 2.15. The molecular weight excluding hydrogens is 474 g/mol. The molecular formula is C31H31N5O2. The molecule has 7 nitrogen and oxygen atoms in total. The fourth-order valence-corrected chi connectivity index (χ4v) is 4.92. The normalized spacial score (nSPS) is 14.7. The van der Waals surface area contributed by atoms with Crippen LogP contribution in [0.25, 0.3) is 33.4 Å². The molecule has 3 heterocycles. The summed E-state index contributed by atoms with van der Waals surface area (Å²) in [4.78, 5) is 21.1. The number of aromatic amines is 2. The molecule has 1 aliphatic heterocycles. The van der Waals surface area contributed by atoms with Crippen LogP contribution in [0.1, 0.15) is 11.1 Å². The van der Waals surface area contributed by atoms with Gasteiger partial charge in [-0.3, -0.25) is 9.69 Å². The zero-order chi connectivity index (χ0) is 25.9. The molecule has 7 heteroatoms. The standard InChI is InChI=1S/C31H31N5O2/c1-35-12-14-36(15-13-35)20-23-10-11-25-18-30(32-28(25)16-23)27-19-29(33-34-31(27)37)24-8-5-9-26(17-24)38-21-22-6-3-2-4-7-22/h2-11,16-19,32H,12-15,20-21H2,1H3,(H,34,37). The van der Waals surface area contributed by atoms with Crippen molar-refractivity contribution in [3.05, 3.63) is 106 Å². The van der Waals surface area contributed by atoms with E-state index in [1.807, 2.05) is 66.7 Å². The minimum atomic E-state index is -0.227. The van der Waals surface area contributed by atoms with Crippen LogP contribution in [-0.4, -0.2) is 58.2 Å². The monoisotopic (exact) mass is 505 g/mol. The molecule has 1 fully saturated rings. The number of nitrogens with zero attached hydrogens (tertiary/aromatic N) is 3. The van der Waals surface area contributed by atoms with Crippen LogP contribution in [0.2, 0.25) is 0 Å². The molecule has 0 spiro atoms. The van der Waals surface area contributed by atoms with Crippen LogP contribution in [0, 0.1) is 0 Å². The second kappa shape index (κ2) is 10.7. The summed E-state index contributed by atoms with van der Waals surface area (Å²) < 4.78 is 5.99. The minimum Gasteiger partial charge on any atom is -0.489 e. The summed E-state index contributed by atoms with van der Waals surface area (Å²) in [7, 11) is 2.17. The topological polar surface area (TPSA) is 77.2 Å². The maximum absolute atomic E-state index is 12.8. The Balaban J connectivity index is 1.23. The van der Waals surface area contributed by atoms with Gasteiger partial charge in [0.1, 0.15) is 12.4 Å². The summed E-state index contributed by atoms with van der Waals surface area (Å²) in [6.07, 6.45) is 0. The van der Waals surface area contributed by atoms with Gasteiger partial charge in [0.15, 0.2) is 0 Å². The number of H-pyrrole nitrogens is 2. The van der Waals surface area contributed by atoms with Gasteiger partial charge >= 0.3 is 0 Å². The van der Waals surface area contributed by atoms with E-state index in [9.17, 15) is 4.79 Å².